The fraction of sp³-hybridized carbons (Fsp3) is 0.238. The van der Waals surface area contributed by atoms with Gasteiger partial charge in [0.2, 0.25) is 0 Å². The van der Waals surface area contributed by atoms with Gasteiger partial charge < -0.3 is 4.74 Å². The summed E-state index contributed by atoms with van der Waals surface area (Å²) in [4.78, 5) is 24.2. The SMILES string of the molecule is CC(=O)OCc1c(Cl)cccc1-n1ccc2cc(C3CC3)cc(F)c2c1=O. The van der Waals surface area contributed by atoms with Crippen molar-refractivity contribution in [1.29, 1.82) is 0 Å². The minimum Gasteiger partial charge on any atom is -0.461 e. The standard InChI is InChI=1S/C21H17ClFNO3/c1-12(25)27-11-16-17(22)3-2-4-19(16)24-8-7-14-9-15(13-5-6-13)10-18(23)20(14)21(24)26/h2-4,7-10,13H,5-6,11H2,1H3. The van der Waals surface area contributed by atoms with Crippen LogP contribution in [0.5, 0.6) is 0 Å². The maximum Gasteiger partial charge on any atom is 0.302 e. The molecule has 0 saturated heterocycles. The number of pyridine rings is 1. The molecule has 1 fully saturated rings. The molecule has 27 heavy (non-hydrogen) atoms. The lowest BCUT2D eigenvalue weighted by Gasteiger charge is -2.14. The lowest BCUT2D eigenvalue weighted by molar-refractivity contribution is -0.142. The lowest BCUT2D eigenvalue weighted by Crippen LogP contribution is -2.20. The van der Waals surface area contributed by atoms with Gasteiger partial charge in [-0.2, -0.15) is 0 Å². The molecule has 0 N–H and O–H groups in total. The maximum atomic E-state index is 14.7. The van der Waals surface area contributed by atoms with Crippen molar-refractivity contribution in [3.63, 3.8) is 0 Å². The molecule has 2 aromatic carbocycles. The Labute approximate surface area is 160 Å². The van der Waals surface area contributed by atoms with Crippen LogP contribution in [0.25, 0.3) is 16.5 Å². The molecule has 0 radical (unpaired) electrons. The normalized spacial score (nSPS) is 13.7. The van der Waals surface area contributed by atoms with Crippen LogP contribution in [0.2, 0.25) is 5.02 Å². The summed E-state index contributed by atoms with van der Waals surface area (Å²) in [6.07, 6.45) is 3.72. The second-order valence-corrected chi connectivity index (χ2v) is 7.16. The number of halogens is 2. The molecule has 0 bridgehead atoms. The molecule has 4 nitrogen and oxygen atoms in total. The molecule has 1 saturated carbocycles. The number of rotatable bonds is 4. The Morgan fingerprint density at radius 3 is 2.78 bits per heavy atom. The molecule has 1 aromatic heterocycles. The predicted octanol–water partition coefficient (Wildman–Crippen LogP) is 4.72. The fourth-order valence-electron chi connectivity index (χ4n) is 3.28. The molecule has 1 aliphatic rings. The highest BCUT2D eigenvalue weighted by Gasteiger charge is 2.25. The summed E-state index contributed by atoms with van der Waals surface area (Å²) in [6.45, 7) is 1.23. The minimum absolute atomic E-state index is 0.0420. The van der Waals surface area contributed by atoms with Gasteiger partial charge in [-0.1, -0.05) is 23.7 Å². The number of hydrogen-bond acceptors (Lipinski definition) is 3. The van der Waals surface area contributed by atoms with Gasteiger partial charge in [0.25, 0.3) is 5.56 Å². The van der Waals surface area contributed by atoms with Crippen molar-refractivity contribution in [2.75, 3.05) is 0 Å². The summed E-state index contributed by atoms with van der Waals surface area (Å²) in [6, 6.07) is 10.1. The topological polar surface area (TPSA) is 48.3 Å². The molecule has 0 spiro atoms. The first-order chi connectivity index (χ1) is 13.0. The molecule has 0 unspecified atom stereocenters. The molecule has 0 amide bonds. The van der Waals surface area contributed by atoms with E-state index in [0.29, 0.717) is 27.6 Å². The average molecular weight is 386 g/mol. The van der Waals surface area contributed by atoms with E-state index in [-0.39, 0.29) is 12.0 Å². The zero-order chi connectivity index (χ0) is 19.1. The second kappa shape index (κ2) is 6.82. The molecular formula is C21H17ClFNO3. The Hall–Kier alpha value is -2.66. The summed E-state index contributed by atoms with van der Waals surface area (Å²) in [5.74, 6) is -0.572. The monoisotopic (exact) mass is 385 g/mol. The molecule has 6 heteroatoms. The van der Waals surface area contributed by atoms with Crippen LogP contribution in [-0.4, -0.2) is 10.5 Å². The molecule has 4 rings (SSSR count). The van der Waals surface area contributed by atoms with Gasteiger partial charge in [-0.15, -0.1) is 0 Å². The summed E-state index contributed by atoms with van der Waals surface area (Å²) >= 11 is 6.25. The Morgan fingerprint density at radius 1 is 1.30 bits per heavy atom. The van der Waals surface area contributed by atoms with Crippen molar-refractivity contribution in [2.45, 2.75) is 32.3 Å². The van der Waals surface area contributed by atoms with Gasteiger partial charge >= 0.3 is 5.97 Å². The third-order valence-corrected chi connectivity index (χ3v) is 5.16. The van der Waals surface area contributed by atoms with E-state index in [1.165, 1.54) is 17.6 Å². The van der Waals surface area contributed by atoms with Gasteiger partial charge in [0, 0.05) is 23.7 Å². The highest BCUT2D eigenvalue weighted by atomic mass is 35.5. The van der Waals surface area contributed by atoms with Gasteiger partial charge in [0.1, 0.15) is 12.4 Å². The van der Waals surface area contributed by atoms with Crippen molar-refractivity contribution >= 4 is 28.3 Å². The van der Waals surface area contributed by atoms with Crippen molar-refractivity contribution in [2.24, 2.45) is 0 Å². The summed E-state index contributed by atoms with van der Waals surface area (Å²) < 4.78 is 21.1. The Balaban J connectivity index is 1.88. The molecule has 1 heterocycles. The highest BCUT2D eigenvalue weighted by Crippen LogP contribution is 2.41. The molecule has 0 aliphatic heterocycles. The highest BCUT2D eigenvalue weighted by molar-refractivity contribution is 6.31. The van der Waals surface area contributed by atoms with E-state index in [9.17, 15) is 14.0 Å². The Kier molecular flexibility index (Phi) is 4.48. The number of nitrogens with zero attached hydrogens (tertiary/aromatic N) is 1. The van der Waals surface area contributed by atoms with Crippen molar-refractivity contribution in [3.8, 4) is 5.69 Å². The zero-order valence-corrected chi connectivity index (χ0v) is 15.4. The van der Waals surface area contributed by atoms with Crippen LogP contribution in [0.1, 0.15) is 36.8 Å². The van der Waals surface area contributed by atoms with Crippen molar-refractivity contribution < 1.29 is 13.9 Å². The van der Waals surface area contributed by atoms with E-state index in [2.05, 4.69) is 0 Å². The van der Waals surface area contributed by atoms with E-state index in [1.807, 2.05) is 6.07 Å². The van der Waals surface area contributed by atoms with E-state index in [4.69, 9.17) is 16.3 Å². The van der Waals surface area contributed by atoms with Crippen LogP contribution < -0.4 is 5.56 Å². The zero-order valence-electron chi connectivity index (χ0n) is 14.7. The van der Waals surface area contributed by atoms with Crippen LogP contribution >= 0.6 is 11.6 Å². The molecule has 0 atom stereocenters. The van der Waals surface area contributed by atoms with E-state index >= 15 is 0 Å². The number of carbonyl (C=O) groups is 1. The summed E-state index contributed by atoms with van der Waals surface area (Å²) in [5.41, 5.74) is 1.42. The van der Waals surface area contributed by atoms with Crippen molar-refractivity contribution in [1.82, 2.24) is 4.57 Å². The number of carbonyl (C=O) groups excluding carboxylic acids is 1. The molecule has 1 aliphatic carbocycles. The largest absolute Gasteiger partial charge is 0.461 e. The van der Waals surface area contributed by atoms with Crippen LogP contribution in [0.15, 0.2) is 47.4 Å². The minimum atomic E-state index is -0.516. The van der Waals surface area contributed by atoms with Crippen LogP contribution in [0.4, 0.5) is 4.39 Å². The number of hydrogen-bond donors (Lipinski definition) is 0. The van der Waals surface area contributed by atoms with Gasteiger partial charge in [-0.3, -0.25) is 14.2 Å². The van der Waals surface area contributed by atoms with Crippen LogP contribution in [-0.2, 0) is 16.1 Å². The number of ether oxygens (including phenoxy) is 1. The quantitative estimate of drug-likeness (QED) is 0.610. The maximum absolute atomic E-state index is 14.7. The second-order valence-electron chi connectivity index (χ2n) is 6.75. The van der Waals surface area contributed by atoms with E-state index in [0.717, 1.165) is 18.4 Å². The summed E-state index contributed by atoms with van der Waals surface area (Å²) in [5, 5.41) is 0.993. The first-order valence-corrected chi connectivity index (χ1v) is 9.09. The van der Waals surface area contributed by atoms with Crippen LogP contribution in [0, 0.1) is 5.82 Å². The average Bonchev–Trinajstić information content (AvgIpc) is 3.45. The van der Waals surface area contributed by atoms with E-state index < -0.39 is 17.3 Å². The number of esters is 1. The number of fused-ring (bicyclic) bond motifs is 1. The predicted molar refractivity (Wildman–Crippen MR) is 102 cm³/mol. The Morgan fingerprint density at radius 2 is 2.07 bits per heavy atom. The molecular weight excluding hydrogens is 369 g/mol. The van der Waals surface area contributed by atoms with Crippen LogP contribution in [0.3, 0.4) is 0 Å². The summed E-state index contributed by atoms with van der Waals surface area (Å²) in [7, 11) is 0. The van der Waals surface area contributed by atoms with Gasteiger partial charge in [0.05, 0.1) is 11.1 Å². The first-order valence-electron chi connectivity index (χ1n) is 8.71. The third-order valence-electron chi connectivity index (χ3n) is 4.80. The van der Waals surface area contributed by atoms with E-state index in [1.54, 1.807) is 30.5 Å². The smallest absolute Gasteiger partial charge is 0.302 e. The van der Waals surface area contributed by atoms with Gasteiger partial charge in [-0.05, 0) is 54.0 Å². The fourth-order valence-corrected chi connectivity index (χ4v) is 3.51. The lowest BCUT2D eigenvalue weighted by atomic mass is 10.0. The molecule has 138 valence electrons. The van der Waals surface area contributed by atoms with Gasteiger partial charge in [-0.25, -0.2) is 4.39 Å². The Bertz CT molecular complexity index is 1120. The number of aromatic nitrogens is 1. The third kappa shape index (κ3) is 3.35. The first kappa shape index (κ1) is 17.7. The number of benzene rings is 2. The molecule has 3 aromatic rings. The van der Waals surface area contributed by atoms with Crippen molar-refractivity contribution in [3.05, 3.63) is 74.9 Å². The van der Waals surface area contributed by atoms with Gasteiger partial charge in [0.15, 0.2) is 0 Å².